The number of rotatable bonds is 6. The van der Waals surface area contributed by atoms with Crippen LogP contribution in [0.5, 0.6) is 0 Å². The molecule has 5 nitrogen and oxygen atoms in total. The van der Waals surface area contributed by atoms with Crippen LogP contribution in [0.25, 0.3) is 11.2 Å². The number of pyridine rings is 1. The second-order valence-corrected chi connectivity index (χ2v) is 5.88. The number of hydrogen-bond donors (Lipinski definition) is 1. The summed E-state index contributed by atoms with van der Waals surface area (Å²) in [5, 5.41) is 2.98. The van der Waals surface area contributed by atoms with Gasteiger partial charge in [0, 0.05) is 25.7 Å². The molecule has 0 unspecified atom stereocenters. The van der Waals surface area contributed by atoms with Crippen molar-refractivity contribution in [3.63, 3.8) is 0 Å². The number of carbonyl (C=O) groups is 1. The molecule has 1 N–H and O–H groups in total. The zero-order valence-electron chi connectivity index (χ0n) is 14.1. The fourth-order valence-corrected chi connectivity index (χ4v) is 2.80. The number of carbonyl (C=O) groups excluding carboxylic acids is 1. The highest BCUT2D eigenvalue weighted by Gasteiger charge is 2.10. The molecule has 0 bridgehead atoms. The molecule has 5 heteroatoms. The Morgan fingerprint density at radius 1 is 1.21 bits per heavy atom. The van der Waals surface area contributed by atoms with Crippen LogP contribution in [0.4, 0.5) is 0 Å². The minimum atomic E-state index is 0.0381. The number of fused-ring (bicyclic) bond motifs is 1. The molecule has 1 amide bonds. The number of benzene rings is 1. The van der Waals surface area contributed by atoms with Gasteiger partial charge in [0.15, 0.2) is 5.65 Å². The van der Waals surface area contributed by atoms with Crippen LogP contribution in [-0.4, -0.2) is 27.0 Å². The van der Waals surface area contributed by atoms with Crippen molar-refractivity contribution in [2.75, 3.05) is 6.54 Å². The van der Waals surface area contributed by atoms with Crippen molar-refractivity contribution in [2.45, 2.75) is 33.2 Å². The molecule has 2 heterocycles. The van der Waals surface area contributed by atoms with Crippen LogP contribution in [0.1, 0.15) is 23.9 Å². The summed E-state index contributed by atoms with van der Waals surface area (Å²) >= 11 is 0. The Labute approximate surface area is 141 Å². The molecule has 0 aliphatic rings. The zero-order chi connectivity index (χ0) is 16.9. The number of aromatic nitrogens is 3. The summed E-state index contributed by atoms with van der Waals surface area (Å²) in [5.74, 6) is 0.998. The standard InChI is InChI=1S/C19H22N4O/c1-3-23-17(22-16-5-4-11-21-19(16)23)10-12-20-18(24)13-15-8-6-14(2)7-9-15/h4-9,11H,3,10,12-13H2,1-2H3,(H,20,24). The predicted octanol–water partition coefficient (Wildman–Crippen LogP) is 2.66. The van der Waals surface area contributed by atoms with E-state index in [4.69, 9.17) is 0 Å². The van der Waals surface area contributed by atoms with Crippen LogP contribution >= 0.6 is 0 Å². The lowest BCUT2D eigenvalue weighted by molar-refractivity contribution is -0.120. The van der Waals surface area contributed by atoms with E-state index in [0.717, 1.165) is 29.1 Å². The molecule has 2 aromatic heterocycles. The predicted molar refractivity (Wildman–Crippen MR) is 94.8 cm³/mol. The summed E-state index contributed by atoms with van der Waals surface area (Å²) in [7, 11) is 0. The van der Waals surface area contributed by atoms with Crippen molar-refractivity contribution in [3.8, 4) is 0 Å². The van der Waals surface area contributed by atoms with Gasteiger partial charge in [-0.3, -0.25) is 4.79 Å². The Morgan fingerprint density at radius 3 is 2.75 bits per heavy atom. The first kappa shape index (κ1) is 16.2. The number of hydrogen-bond acceptors (Lipinski definition) is 3. The number of aryl methyl sites for hydroxylation is 2. The Bertz CT molecular complexity index is 836. The van der Waals surface area contributed by atoms with E-state index in [9.17, 15) is 4.79 Å². The van der Waals surface area contributed by atoms with Crippen LogP contribution in [-0.2, 0) is 24.2 Å². The van der Waals surface area contributed by atoms with Gasteiger partial charge < -0.3 is 9.88 Å². The van der Waals surface area contributed by atoms with Gasteiger partial charge in [-0.2, -0.15) is 0 Å². The third-order valence-corrected chi connectivity index (χ3v) is 4.06. The summed E-state index contributed by atoms with van der Waals surface area (Å²) < 4.78 is 2.10. The highest BCUT2D eigenvalue weighted by Crippen LogP contribution is 2.13. The minimum absolute atomic E-state index is 0.0381. The molecular weight excluding hydrogens is 300 g/mol. The SMILES string of the molecule is CCn1c(CCNC(=O)Cc2ccc(C)cc2)nc2cccnc21. The lowest BCUT2D eigenvalue weighted by atomic mass is 10.1. The summed E-state index contributed by atoms with van der Waals surface area (Å²) in [6.07, 6.45) is 2.89. The van der Waals surface area contributed by atoms with Gasteiger partial charge in [0.25, 0.3) is 0 Å². The van der Waals surface area contributed by atoms with E-state index in [2.05, 4.69) is 26.8 Å². The van der Waals surface area contributed by atoms with E-state index in [-0.39, 0.29) is 5.91 Å². The molecule has 0 atom stereocenters. The highest BCUT2D eigenvalue weighted by molar-refractivity contribution is 5.78. The van der Waals surface area contributed by atoms with E-state index in [1.807, 2.05) is 43.3 Å². The average molecular weight is 322 g/mol. The molecule has 0 fully saturated rings. The first-order chi connectivity index (χ1) is 11.7. The number of nitrogens with zero attached hydrogens (tertiary/aromatic N) is 3. The van der Waals surface area contributed by atoms with Gasteiger partial charge >= 0.3 is 0 Å². The second-order valence-electron chi connectivity index (χ2n) is 5.88. The first-order valence-electron chi connectivity index (χ1n) is 8.29. The maximum absolute atomic E-state index is 12.1. The van der Waals surface area contributed by atoms with E-state index in [0.29, 0.717) is 19.4 Å². The van der Waals surface area contributed by atoms with E-state index >= 15 is 0 Å². The molecule has 24 heavy (non-hydrogen) atoms. The summed E-state index contributed by atoms with van der Waals surface area (Å²) in [6.45, 7) is 5.52. The summed E-state index contributed by atoms with van der Waals surface area (Å²) in [5.41, 5.74) is 4.04. The van der Waals surface area contributed by atoms with Gasteiger partial charge in [-0.1, -0.05) is 29.8 Å². The fourth-order valence-electron chi connectivity index (χ4n) is 2.80. The number of nitrogens with one attached hydrogen (secondary N) is 1. The molecule has 3 aromatic rings. The van der Waals surface area contributed by atoms with E-state index in [1.54, 1.807) is 6.20 Å². The maximum atomic E-state index is 12.1. The molecule has 0 aliphatic carbocycles. The van der Waals surface area contributed by atoms with Crippen molar-refractivity contribution in [1.29, 1.82) is 0 Å². The number of imidazole rings is 1. The van der Waals surface area contributed by atoms with Crippen LogP contribution < -0.4 is 5.32 Å². The number of amides is 1. The minimum Gasteiger partial charge on any atom is -0.355 e. The Morgan fingerprint density at radius 2 is 2.00 bits per heavy atom. The van der Waals surface area contributed by atoms with Crippen LogP contribution in [0.15, 0.2) is 42.6 Å². The lowest BCUT2D eigenvalue weighted by Crippen LogP contribution is -2.27. The molecule has 0 spiro atoms. The monoisotopic (exact) mass is 322 g/mol. The van der Waals surface area contributed by atoms with Gasteiger partial charge in [-0.25, -0.2) is 9.97 Å². The zero-order valence-corrected chi connectivity index (χ0v) is 14.1. The van der Waals surface area contributed by atoms with Crippen LogP contribution in [0.3, 0.4) is 0 Å². The van der Waals surface area contributed by atoms with E-state index in [1.165, 1.54) is 5.56 Å². The van der Waals surface area contributed by atoms with Gasteiger partial charge in [-0.05, 0) is 31.5 Å². The highest BCUT2D eigenvalue weighted by atomic mass is 16.1. The van der Waals surface area contributed by atoms with E-state index < -0.39 is 0 Å². The van der Waals surface area contributed by atoms with Crippen molar-refractivity contribution >= 4 is 17.1 Å². The smallest absolute Gasteiger partial charge is 0.224 e. The Balaban J connectivity index is 1.58. The third-order valence-electron chi connectivity index (χ3n) is 4.06. The lowest BCUT2D eigenvalue weighted by Gasteiger charge is -2.07. The first-order valence-corrected chi connectivity index (χ1v) is 8.29. The van der Waals surface area contributed by atoms with Crippen LogP contribution in [0, 0.1) is 6.92 Å². The fraction of sp³-hybridized carbons (Fsp3) is 0.316. The quantitative estimate of drug-likeness (QED) is 0.759. The van der Waals surface area contributed by atoms with Gasteiger partial charge in [-0.15, -0.1) is 0 Å². The molecule has 0 radical (unpaired) electrons. The Hall–Kier alpha value is -2.69. The summed E-state index contributed by atoms with van der Waals surface area (Å²) in [6, 6.07) is 11.9. The molecule has 0 saturated heterocycles. The van der Waals surface area contributed by atoms with Crippen molar-refractivity contribution in [3.05, 3.63) is 59.5 Å². The van der Waals surface area contributed by atoms with Crippen molar-refractivity contribution < 1.29 is 4.79 Å². The van der Waals surface area contributed by atoms with Crippen LogP contribution in [0.2, 0.25) is 0 Å². The normalized spacial score (nSPS) is 10.9. The van der Waals surface area contributed by atoms with Gasteiger partial charge in [0.05, 0.1) is 6.42 Å². The Kier molecular flexibility index (Phi) is 4.89. The maximum Gasteiger partial charge on any atom is 0.224 e. The largest absolute Gasteiger partial charge is 0.355 e. The molecule has 3 rings (SSSR count). The average Bonchev–Trinajstić information content (AvgIpc) is 2.94. The molecule has 124 valence electrons. The van der Waals surface area contributed by atoms with Crippen molar-refractivity contribution in [2.24, 2.45) is 0 Å². The summed E-state index contributed by atoms with van der Waals surface area (Å²) in [4.78, 5) is 21.1. The second kappa shape index (κ2) is 7.25. The van der Waals surface area contributed by atoms with Gasteiger partial charge in [0.2, 0.25) is 5.91 Å². The van der Waals surface area contributed by atoms with Crippen molar-refractivity contribution in [1.82, 2.24) is 19.9 Å². The molecule has 0 saturated carbocycles. The third kappa shape index (κ3) is 3.62. The molecule has 0 aliphatic heterocycles. The molecule has 1 aromatic carbocycles. The van der Waals surface area contributed by atoms with Gasteiger partial charge in [0.1, 0.15) is 11.3 Å². The topological polar surface area (TPSA) is 59.8 Å². The molecular formula is C19H22N4O.